The molecule has 2 unspecified atom stereocenters. The van der Waals surface area contributed by atoms with E-state index in [-0.39, 0.29) is 46.6 Å². The molecular weight excluding hydrogens is 484 g/mol. The van der Waals surface area contributed by atoms with Crippen LogP contribution < -0.4 is 5.32 Å². The highest BCUT2D eigenvalue weighted by Gasteiger charge is 2.46. The fourth-order valence-electron chi connectivity index (χ4n) is 6.27. The van der Waals surface area contributed by atoms with Gasteiger partial charge in [-0.3, -0.25) is 4.79 Å². The number of aromatic amines is 1. The summed E-state index contributed by atoms with van der Waals surface area (Å²) in [6, 6.07) is 0. The molecule has 1 aliphatic carbocycles. The minimum atomic E-state index is -0.517. The second kappa shape index (κ2) is 12.6. The molecule has 0 aliphatic heterocycles. The van der Waals surface area contributed by atoms with Gasteiger partial charge in [0.1, 0.15) is 17.5 Å². The van der Waals surface area contributed by atoms with E-state index < -0.39 is 5.41 Å². The van der Waals surface area contributed by atoms with Gasteiger partial charge >= 0.3 is 5.97 Å². The number of alkyl halides is 1. The first-order valence-electron chi connectivity index (χ1n) is 14.4. The zero-order chi connectivity index (χ0) is 28.2. The summed E-state index contributed by atoms with van der Waals surface area (Å²) in [7, 11) is 0. The van der Waals surface area contributed by atoms with Crippen molar-refractivity contribution in [2.45, 2.75) is 126 Å². The molecule has 2 N–H and O–H groups in total. The van der Waals surface area contributed by atoms with E-state index in [9.17, 15) is 9.59 Å². The van der Waals surface area contributed by atoms with Crippen LogP contribution in [0.25, 0.3) is 0 Å². The molecule has 0 saturated heterocycles. The zero-order valence-electron chi connectivity index (χ0n) is 25.1. The minimum Gasteiger partial charge on any atom is -0.458 e. The lowest BCUT2D eigenvalue weighted by Gasteiger charge is -2.48. The van der Waals surface area contributed by atoms with Crippen LogP contribution in [0.5, 0.6) is 0 Å². The Morgan fingerprint density at radius 1 is 1.05 bits per heavy atom. The fraction of sp³-hybridized carbons (Fsp3) is 0.806. The molecule has 0 spiro atoms. The molecule has 2 atom stereocenters. The minimum absolute atomic E-state index is 0.0230. The van der Waals surface area contributed by atoms with Crippen LogP contribution in [0.3, 0.4) is 0 Å². The van der Waals surface area contributed by atoms with Gasteiger partial charge in [-0.15, -0.1) is 11.6 Å². The van der Waals surface area contributed by atoms with Crippen molar-refractivity contribution in [3.05, 3.63) is 17.3 Å². The highest BCUT2D eigenvalue weighted by Crippen LogP contribution is 2.48. The summed E-state index contributed by atoms with van der Waals surface area (Å²) < 4.78 is 6.50. The van der Waals surface area contributed by atoms with E-state index >= 15 is 0 Å². The van der Waals surface area contributed by atoms with Crippen molar-refractivity contribution < 1.29 is 14.3 Å². The van der Waals surface area contributed by atoms with Crippen LogP contribution in [0.4, 0.5) is 5.82 Å². The van der Waals surface area contributed by atoms with Crippen LogP contribution in [-0.2, 0) is 9.53 Å². The topological polar surface area (TPSA) is 71.2 Å². The van der Waals surface area contributed by atoms with Gasteiger partial charge < -0.3 is 15.0 Å². The number of anilines is 1. The fourth-order valence-corrected chi connectivity index (χ4v) is 6.40. The number of aromatic nitrogens is 1. The molecule has 1 heterocycles. The molecule has 1 aromatic rings. The van der Waals surface area contributed by atoms with Crippen molar-refractivity contribution in [3.63, 3.8) is 0 Å². The predicted octanol–water partition coefficient (Wildman–Crippen LogP) is 8.94. The first kappa shape index (κ1) is 31.7. The van der Waals surface area contributed by atoms with E-state index in [1.54, 1.807) is 0 Å². The first-order valence-corrected chi connectivity index (χ1v) is 15.0. The summed E-state index contributed by atoms with van der Waals surface area (Å²) in [5.74, 6) is 1.23. The monoisotopic (exact) mass is 536 g/mol. The maximum absolute atomic E-state index is 14.0. The smallest absolute Gasteiger partial charge is 0.342 e. The van der Waals surface area contributed by atoms with Crippen molar-refractivity contribution in [1.82, 2.24) is 4.98 Å². The summed E-state index contributed by atoms with van der Waals surface area (Å²) in [5, 5.41) is 3.10. The number of amides is 1. The van der Waals surface area contributed by atoms with E-state index in [1.165, 1.54) is 0 Å². The Morgan fingerprint density at radius 2 is 1.59 bits per heavy atom. The molecule has 1 amide bonds. The quantitative estimate of drug-likeness (QED) is 0.231. The van der Waals surface area contributed by atoms with Gasteiger partial charge in [0.15, 0.2) is 0 Å². The molecule has 37 heavy (non-hydrogen) atoms. The lowest BCUT2D eigenvalue weighted by molar-refractivity contribution is -0.126. The van der Waals surface area contributed by atoms with Crippen LogP contribution in [0.15, 0.2) is 6.20 Å². The predicted molar refractivity (Wildman–Crippen MR) is 155 cm³/mol. The number of rotatable bonds is 10. The SMILES string of the molecule is CCC(CC)(CCCCl)C(=O)Nc1[nH]cc(C(C)C)c1C(=O)OC1C(C(C)(C)C)CCCC1C(C)(C)C. The van der Waals surface area contributed by atoms with Crippen molar-refractivity contribution in [2.24, 2.45) is 28.1 Å². The van der Waals surface area contributed by atoms with E-state index in [0.29, 0.717) is 30.1 Å². The van der Waals surface area contributed by atoms with Gasteiger partial charge in [0.2, 0.25) is 5.91 Å². The molecule has 1 aromatic heterocycles. The van der Waals surface area contributed by atoms with E-state index in [1.807, 2.05) is 20.0 Å². The third-order valence-corrected chi connectivity index (χ3v) is 9.16. The van der Waals surface area contributed by atoms with Gasteiger partial charge in [0.25, 0.3) is 0 Å². The van der Waals surface area contributed by atoms with Crippen molar-refractivity contribution >= 4 is 29.3 Å². The Kier molecular flexibility index (Phi) is 10.8. The second-order valence-electron chi connectivity index (χ2n) is 13.6. The molecule has 6 heteroatoms. The third kappa shape index (κ3) is 7.34. The van der Waals surface area contributed by atoms with Gasteiger partial charge in [-0.25, -0.2) is 4.79 Å². The third-order valence-electron chi connectivity index (χ3n) is 8.89. The molecule has 0 bridgehead atoms. The van der Waals surface area contributed by atoms with E-state index in [0.717, 1.165) is 37.7 Å². The Balaban J connectivity index is 2.46. The number of hydrogen-bond donors (Lipinski definition) is 2. The molecule has 2 rings (SSSR count). The molecule has 5 nitrogen and oxygen atoms in total. The van der Waals surface area contributed by atoms with Crippen LogP contribution in [0, 0.1) is 28.1 Å². The van der Waals surface area contributed by atoms with Crippen molar-refractivity contribution in [3.8, 4) is 0 Å². The van der Waals surface area contributed by atoms with Crippen LogP contribution in [0.1, 0.15) is 136 Å². The number of carbonyl (C=O) groups is 2. The van der Waals surface area contributed by atoms with Gasteiger partial charge in [0, 0.05) is 29.3 Å². The molecule has 1 aliphatic rings. The van der Waals surface area contributed by atoms with Crippen LogP contribution >= 0.6 is 11.6 Å². The highest BCUT2D eigenvalue weighted by atomic mass is 35.5. The Bertz CT molecular complexity index is 881. The van der Waals surface area contributed by atoms with Crippen LogP contribution in [0.2, 0.25) is 0 Å². The molecule has 1 fully saturated rings. The number of esters is 1. The first-order chi connectivity index (χ1) is 17.1. The number of ether oxygens (including phenoxy) is 1. The normalized spacial score (nSPS) is 21.2. The lowest BCUT2D eigenvalue weighted by Crippen LogP contribution is -2.47. The highest BCUT2D eigenvalue weighted by molar-refractivity contribution is 6.17. The molecule has 0 radical (unpaired) electrons. The number of nitrogens with one attached hydrogen (secondary N) is 2. The zero-order valence-corrected chi connectivity index (χ0v) is 25.9. The summed E-state index contributed by atoms with van der Waals surface area (Å²) in [6.07, 6.45) is 7.85. The molecule has 212 valence electrons. The van der Waals surface area contributed by atoms with E-state index in [4.69, 9.17) is 16.3 Å². The largest absolute Gasteiger partial charge is 0.458 e. The van der Waals surface area contributed by atoms with Gasteiger partial charge in [-0.2, -0.15) is 0 Å². The summed E-state index contributed by atoms with van der Waals surface area (Å²) >= 11 is 5.97. The van der Waals surface area contributed by atoms with Gasteiger partial charge in [-0.1, -0.05) is 75.7 Å². The summed E-state index contributed by atoms with van der Waals surface area (Å²) in [6.45, 7) is 21.7. The van der Waals surface area contributed by atoms with Gasteiger partial charge in [0.05, 0.1) is 0 Å². The Labute approximate surface area is 231 Å². The second-order valence-corrected chi connectivity index (χ2v) is 14.0. The van der Waals surface area contributed by atoms with Crippen molar-refractivity contribution in [1.29, 1.82) is 0 Å². The van der Waals surface area contributed by atoms with Gasteiger partial charge in [-0.05, 0) is 60.8 Å². The number of H-pyrrole nitrogens is 1. The molecule has 0 aromatic carbocycles. The maximum Gasteiger partial charge on any atom is 0.342 e. The lowest BCUT2D eigenvalue weighted by atomic mass is 9.61. The average molecular weight is 537 g/mol. The van der Waals surface area contributed by atoms with Crippen molar-refractivity contribution in [2.75, 3.05) is 11.2 Å². The van der Waals surface area contributed by atoms with Crippen LogP contribution in [-0.4, -0.2) is 28.8 Å². The Morgan fingerprint density at radius 3 is 2.03 bits per heavy atom. The Hall–Kier alpha value is -1.49. The standard InChI is InChI=1S/C31H53ClN2O3/c1-11-31(12-2,17-14-18-32)28(36)34-26-24(21(19-33-26)20(3)4)27(35)37-25-22(29(5,6)7)15-13-16-23(25)30(8,9)10/h19-20,22-23,25,33H,11-18H2,1-10H3,(H,34,36). The summed E-state index contributed by atoms with van der Waals surface area (Å²) in [5.41, 5.74) is 0.865. The number of carbonyl (C=O) groups excluding carboxylic acids is 2. The molecule has 1 saturated carbocycles. The number of halogens is 1. The number of hydrogen-bond acceptors (Lipinski definition) is 3. The maximum atomic E-state index is 14.0. The summed E-state index contributed by atoms with van der Waals surface area (Å²) in [4.78, 5) is 30.8. The average Bonchev–Trinajstić information content (AvgIpc) is 3.22. The molecular formula is C31H53ClN2O3. The van der Waals surface area contributed by atoms with E-state index in [2.05, 4.69) is 65.7 Å².